The molecule has 1 fully saturated rings. The van der Waals surface area contributed by atoms with Gasteiger partial charge in [-0.15, -0.1) is 0 Å². The van der Waals surface area contributed by atoms with E-state index < -0.39 is 18.0 Å². The summed E-state index contributed by atoms with van der Waals surface area (Å²) in [6, 6.07) is -1.03. The second kappa shape index (κ2) is 6.95. The van der Waals surface area contributed by atoms with E-state index in [2.05, 4.69) is 10.6 Å². The first-order chi connectivity index (χ1) is 8.49. The lowest BCUT2D eigenvalue weighted by Crippen LogP contribution is -2.43. The molecule has 0 aromatic heterocycles. The Balaban J connectivity index is 2.36. The summed E-state index contributed by atoms with van der Waals surface area (Å²) < 4.78 is 0. The Labute approximate surface area is 105 Å². The van der Waals surface area contributed by atoms with Crippen molar-refractivity contribution in [2.45, 2.75) is 44.2 Å². The van der Waals surface area contributed by atoms with E-state index in [0.717, 1.165) is 19.4 Å². The molecule has 2 unspecified atom stereocenters. The van der Waals surface area contributed by atoms with Crippen LogP contribution < -0.4 is 10.6 Å². The lowest BCUT2D eigenvalue weighted by Gasteiger charge is -2.15. The molecule has 0 bridgehead atoms. The van der Waals surface area contributed by atoms with Crippen LogP contribution in [0.2, 0.25) is 0 Å². The van der Waals surface area contributed by atoms with Gasteiger partial charge in [-0.05, 0) is 25.8 Å². The molecule has 0 aromatic carbocycles. The van der Waals surface area contributed by atoms with Crippen molar-refractivity contribution in [1.82, 2.24) is 10.6 Å². The van der Waals surface area contributed by atoms with Gasteiger partial charge in [0, 0.05) is 18.9 Å². The Morgan fingerprint density at radius 3 is 2.56 bits per heavy atom. The third kappa shape index (κ3) is 5.13. The minimum Gasteiger partial charge on any atom is -0.481 e. The van der Waals surface area contributed by atoms with Gasteiger partial charge in [-0.1, -0.05) is 0 Å². The quantitative estimate of drug-likeness (QED) is 0.492. The first kappa shape index (κ1) is 14.4. The SMILES string of the molecule is O=C(O)CCC(NC(=O)CC1CCCN1)C(=O)O. The fraction of sp³-hybridized carbons (Fsp3) is 0.727. The second-order valence-corrected chi connectivity index (χ2v) is 4.39. The fourth-order valence-electron chi connectivity index (χ4n) is 1.93. The summed E-state index contributed by atoms with van der Waals surface area (Å²) in [5.41, 5.74) is 0. The van der Waals surface area contributed by atoms with Crippen molar-refractivity contribution in [3.05, 3.63) is 0 Å². The molecular formula is C11H18N2O5. The number of hydrogen-bond donors (Lipinski definition) is 4. The van der Waals surface area contributed by atoms with Crippen LogP contribution in [0.15, 0.2) is 0 Å². The zero-order chi connectivity index (χ0) is 13.5. The summed E-state index contributed by atoms with van der Waals surface area (Å²) >= 11 is 0. The maximum absolute atomic E-state index is 11.6. The number of rotatable bonds is 7. The summed E-state index contributed by atoms with van der Waals surface area (Å²) in [6.07, 6.45) is 1.77. The molecule has 1 aliphatic rings. The van der Waals surface area contributed by atoms with Gasteiger partial charge >= 0.3 is 11.9 Å². The molecule has 0 aromatic rings. The Bertz CT molecular complexity index is 325. The van der Waals surface area contributed by atoms with Gasteiger partial charge in [0.25, 0.3) is 0 Å². The van der Waals surface area contributed by atoms with Crippen molar-refractivity contribution < 1.29 is 24.6 Å². The third-order valence-electron chi connectivity index (χ3n) is 2.87. The molecule has 2 atom stereocenters. The van der Waals surface area contributed by atoms with Crippen molar-refractivity contribution in [2.24, 2.45) is 0 Å². The van der Waals surface area contributed by atoms with Crippen LogP contribution in [0.3, 0.4) is 0 Å². The Kier molecular flexibility index (Phi) is 5.57. The van der Waals surface area contributed by atoms with Gasteiger partial charge in [0.2, 0.25) is 5.91 Å². The van der Waals surface area contributed by atoms with Crippen LogP contribution in [0.4, 0.5) is 0 Å². The van der Waals surface area contributed by atoms with Crippen molar-refractivity contribution >= 4 is 17.8 Å². The van der Waals surface area contributed by atoms with Crippen molar-refractivity contribution in [3.8, 4) is 0 Å². The summed E-state index contributed by atoms with van der Waals surface area (Å²) in [5.74, 6) is -2.64. The summed E-state index contributed by atoms with van der Waals surface area (Å²) in [7, 11) is 0. The molecule has 0 aliphatic carbocycles. The van der Waals surface area contributed by atoms with E-state index >= 15 is 0 Å². The molecular weight excluding hydrogens is 240 g/mol. The average molecular weight is 258 g/mol. The van der Waals surface area contributed by atoms with E-state index in [1.165, 1.54) is 0 Å². The monoisotopic (exact) mass is 258 g/mol. The van der Waals surface area contributed by atoms with Gasteiger partial charge in [-0.2, -0.15) is 0 Å². The minimum absolute atomic E-state index is 0.0962. The highest BCUT2D eigenvalue weighted by atomic mass is 16.4. The van der Waals surface area contributed by atoms with Gasteiger partial charge in [0.1, 0.15) is 6.04 Å². The van der Waals surface area contributed by atoms with Crippen LogP contribution in [0.1, 0.15) is 32.1 Å². The van der Waals surface area contributed by atoms with Gasteiger partial charge in [-0.25, -0.2) is 4.79 Å². The standard InChI is InChI=1S/C11H18N2O5/c14-9(6-7-2-1-5-12-7)13-8(11(17)18)3-4-10(15)16/h7-8,12H,1-6H2,(H,13,14)(H,15,16)(H,17,18). The molecule has 1 amide bonds. The fourth-order valence-corrected chi connectivity index (χ4v) is 1.93. The van der Waals surface area contributed by atoms with Crippen LogP contribution in [-0.4, -0.2) is 46.7 Å². The molecule has 0 spiro atoms. The number of nitrogens with one attached hydrogen (secondary N) is 2. The summed E-state index contributed by atoms with van der Waals surface area (Å²) in [6.45, 7) is 0.874. The molecule has 0 radical (unpaired) electrons. The highest BCUT2D eigenvalue weighted by molar-refractivity contribution is 5.84. The van der Waals surface area contributed by atoms with E-state index in [4.69, 9.17) is 10.2 Å². The zero-order valence-corrected chi connectivity index (χ0v) is 10.0. The van der Waals surface area contributed by atoms with Crippen LogP contribution in [0, 0.1) is 0 Å². The van der Waals surface area contributed by atoms with Crippen LogP contribution >= 0.6 is 0 Å². The van der Waals surface area contributed by atoms with E-state index in [1.807, 2.05) is 0 Å². The topological polar surface area (TPSA) is 116 Å². The second-order valence-electron chi connectivity index (χ2n) is 4.39. The number of carboxylic acids is 2. The minimum atomic E-state index is -1.20. The molecule has 1 heterocycles. The molecule has 1 rings (SSSR count). The van der Waals surface area contributed by atoms with E-state index in [-0.39, 0.29) is 31.2 Å². The van der Waals surface area contributed by atoms with Gasteiger partial charge in [-0.3, -0.25) is 9.59 Å². The smallest absolute Gasteiger partial charge is 0.326 e. The van der Waals surface area contributed by atoms with E-state index in [9.17, 15) is 14.4 Å². The predicted molar refractivity (Wildman–Crippen MR) is 62.1 cm³/mol. The zero-order valence-electron chi connectivity index (χ0n) is 10.0. The molecule has 102 valence electrons. The molecule has 18 heavy (non-hydrogen) atoms. The van der Waals surface area contributed by atoms with Gasteiger partial charge in [0.05, 0.1) is 0 Å². The number of carbonyl (C=O) groups excluding carboxylic acids is 1. The van der Waals surface area contributed by atoms with Crippen LogP contribution in [0.5, 0.6) is 0 Å². The number of aliphatic carboxylic acids is 2. The van der Waals surface area contributed by atoms with Gasteiger partial charge < -0.3 is 20.8 Å². The van der Waals surface area contributed by atoms with E-state index in [0.29, 0.717) is 0 Å². The maximum Gasteiger partial charge on any atom is 0.326 e. The maximum atomic E-state index is 11.6. The molecule has 4 N–H and O–H groups in total. The van der Waals surface area contributed by atoms with E-state index in [1.54, 1.807) is 0 Å². The highest BCUT2D eigenvalue weighted by Crippen LogP contribution is 2.09. The number of carbonyl (C=O) groups is 3. The molecule has 7 nitrogen and oxygen atoms in total. The predicted octanol–water partition coefficient (Wildman–Crippen LogP) is -0.437. The van der Waals surface area contributed by atoms with Crippen LogP contribution in [0.25, 0.3) is 0 Å². The lowest BCUT2D eigenvalue weighted by molar-refractivity contribution is -0.143. The Morgan fingerprint density at radius 1 is 1.33 bits per heavy atom. The van der Waals surface area contributed by atoms with Crippen molar-refractivity contribution in [3.63, 3.8) is 0 Å². The average Bonchev–Trinajstić information content (AvgIpc) is 2.76. The normalized spacial score (nSPS) is 20.3. The summed E-state index contributed by atoms with van der Waals surface area (Å²) in [5, 5.41) is 22.9. The number of carboxylic acid groups (broad SMARTS) is 2. The number of hydrogen-bond acceptors (Lipinski definition) is 4. The Hall–Kier alpha value is -1.63. The first-order valence-electron chi connectivity index (χ1n) is 5.96. The summed E-state index contributed by atoms with van der Waals surface area (Å²) in [4.78, 5) is 32.8. The lowest BCUT2D eigenvalue weighted by atomic mass is 10.1. The molecule has 7 heteroatoms. The van der Waals surface area contributed by atoms with Crippen LogP contribution in [-0.2, 0) is 14.4 Å². The number of amides is 1. The first-order valence-corrected chi connectivity index (χ1v) is 5.96. The Morgan fingerprint density at radius 2 is 2.06 bits per heavy atom. The molecule has 1 aliphatic heterocycles. The molecule has 1 saturated heterocycles. The largest absolute Gasteiger partial charge is 0.481 e. The highest BCUT2D eigenvalue weighted by Gasteiger charge is 2.23. The molecule has 0 saturated carbocycles. The van der Waals surface area contributed by atoms with Crippen molar-refractivity contribution in [1.29, 1.82) is 0 Å². The third-order valence-corrected chi connectivity index (χ3v) is 2.87. The van der Waals surface area contributed by atoms with Crippen molar-refractivity contribution in [2.75, 3.05) is 6.54 Å². The van der Waals surface area contributed by atoms with Gasteiger partial charge in [0.15, 0.2) is 0 Å².